The maximum absolute atomic E-state index is 12.4. The summed E-state index contributed by atoms with van der Waals surface area (Å²) in [6, 6.07) is 2.15. The Morgan fingerprint density at radius 1 is 1.22 bits per heavy atom. The summed E-state index contributed by atoms with van der Waals surface area (Å²) in [5.74, 6) is -0.457. The SMILES string of the molecule is CC(C)C(=O)NCCNC(=O)CSc1ccc(C(F)(F)F)cn1. The Morgan fingerprint density at radius 3 is 2.39 bits per heavy atom. The molecule has 0 aromatic carbocycles. The molecule has 0 unspecified atom stereocenters. The molecule has 0 atom stereocenters. The number of nitrogens with zero attached hydrogens (tertiary/aromatic N) is 1. The number of alkyl halides is 3. The van der Waals surface area contributed by atoms with Crippen LogP contribution in [0.5, 0.6) is 0 Å². The van der Waals surface area contributed by atoms with Gasteiger partial charge in [-0.2, -0.15) is 13.2 Å². The molecule has 1 aromatic rings. The largest absolute Gasteiger partial charge is 0.417 e. The lowest BCUT2D eigenvalue weighted by Gasteiger charge is -2.09. The number of aromatic nitrogens is 1. The second-order valence-electron chi connectivity index (χ2n) is 4.97. The van der Waals surface area contributed by atoms with Crippen molar-refractivity contribution in [2.75, 3.05) is 18.8 Å². The van der Waals surface area contributed by atoms with Gasteiger partial charge in [0.2, 0.25) is 11.8 Å². The average Bonchev–Trinajstić information content (AvgIpc) is 2.48. The third-order valence-corrected chi connectivity index (χ3v) is 3.63. The lowest BCUT2D eigenvalue weighted by atomic mass is 10.2. The fourth-order valence-corrected chi connectivity index (χ4v) is 2.09. The molecule has 2 N–H and O–H groups in total. The predicted octanol–water partition coefficient (Wildman–Crippen LogP) is 2.08. The number of pyridine rings is 1. The second-order valence-corrected chi connectivity index (χ2v) is 5.96. The summed E-state index contributed by atoms with van der Waals surface area (Å²) in [6.07, 6.45) is -3.68. The molecule has 1 heterocycles. The number of carbonyl (C=O) groups is 2. The lowest BCUT2D eigenvalue weighted by Crippen LogP contribution is -2.36. The van der Waals surface area contributed by atoms with Gasteiger partial charge in [0.05, 0.1) is 16.3 Å². The van der Waals surface area contributed by atoms with Crippen LogP contribution in [-0.2, 0) is 15.8 Å². The van der Waals surface area contributed by atoms with Crippen molar-refractivity contribution in [2.24, 2.45) is 5.92 Å². The van der Waals surface area contributed by atoms with E-state index >= 15 is 0 Å². The van der Waals surface area contributed by atoms with Crippen molar-refractivity contribution in [1.29, 1.82) is 0 Å². The number of carbonyl (C=O) groups excluding carboxylic acids is 2. The maximum atomic E-state index is 12.4. The van der Waals surface area contributed by atoms with Crippen LogP contribution >= 0.6 is 11.8 Å². The third kappa shape index (κ3) is 7.36. The van der Waals surface area contributed by atoms with Crippen molar-refractivity contribution in [3.63, 3.8) is 0 Å². The van der Waals surface area contributed by atoms with Crippen LogP contribution in [0.1, 0.15) is 19.4 Å². The second kappa shape index (κ2) is 8.76. The van der Waals surface area contributed by atoms with Gasteiger partial charge in [-0.25, -0.2) is 4.98 Å². The van der Waals surface area contributed by atoms with Crippen LogP contribution in [0, 0.1) is 5.92 Å². The van der Waals surface area contributed by atoms with Crippen molar-refractivity contribution in [1.82, 2.24) is 15.6 Å². The van der Waals surface area contributed by atoms with Crippen LogP contribution in [0.15, 0.2) is 23.4 Å². The van der Waals surface area contributed by atoms with E-state index in [-0.39, 0.29) is 30.0 Å². The summed E-state index contributed by atoms with van der Waals surface area (Å²) in [7, 11) is 0. The third-order valence-electron chi connectivity index (χ3n) is 2.69. The standard InChI is InChI=1S/C14H18F3N3O2S/c1-9(2)13(22)19-6-5-18-11(21)8-23-12-4-3-10(7-20-12)14(15,16)17/h3-4,7,9H,5-6,8H2,1-2H3,(H,18,21)(H,19,22). The number of nitrogens with one attached hydrogen (secondary N) is 2. The van der Waals surface area contributed by atoms with Crippen LogP contribution in [0.3, 0.4) is 0 Å². The Hall–Kier alpha value is -1.77. The van der Waals surface area contributed by atoms with Gasteiger partial charge in [-0.1, -0.05) is 25.6 Å². The summed E-state index contributed by atoms with van der Waals surface area (Å²) in [5.41, 5.74) is -0.827. The summed E-state index contributed by atoms with van der Waals surface area (Å²) in [4.78, 5) is 26.5. The molecule has 0 aliphatic carbocycles. The summed E-state index contributed by atoms with van der Waals surface area (Å²) >= 11 is 1.04. The van der Waals surface area contributed by atoms with Gasteiger partial charge in [-0.3, -0.25) is 9.59 Å². The van der Waals surface area contributed by atoms with E-state index in [2.05, 4.69) is 15.6 Å². The molecule has 2 amide bonds. The van der Waals surface area contributed by atoms with Gasteiger partial charge in [-0.05, 0) is 12.1 Å². The highest BCUT2D eigenvalue weighted by Crippen LogP contribution is 2.29. The maximum Gasteiger partial charge on any atom is 0.417 e. The lowest BCUT2D eigenvalue weighted by molar-refractivity contribution is -0.138. The monoisotopic (exact) mass is 349 g/mol. The quantitative estimate of drug-likeness (QED) is 0.584. The zero-order valence-corrected chi connectivity index (χ0v) is 13.6. The highest BCUT2D eigenvalue weighted by Gasteiger charge is 2.30. The highest BCUT2D eigenvalue weighted by atomic mass is 32.2. The fourth-order valence-electron chi connectivity index (χ4n) is 1.42. The van der Waals surface area contributed by atoms with E-state index in [0.29, 0.717) is 11.6 Å². The Morgan fingerprint density at radius 2 is 1.87 bits per heavy atom. The van der Waals surface area contributed by atoms with Gasteiger partial charge in [0.15, 0.2) is 0 Å². The summed E-state index contributed by atoms with van der Waals surface area (Å²) < 4.78 is 37.1. The van der Waals surface area contributed by atoms with Gasteiger partial charge in [0.25, 0.3) is 0 Å². The van der Waals surface area contributed by atoms with E-state index in [9.17, 15) is 22.8 Å². The molecule has 0 aliphatic heterocycles. The van der Waals surface area contributed by atoms with Crippen molar-refractivity contribution in [2.45, 2.75) is 25.0 Å². The zero-order valence-electron chi connectivity index (χ0n) is 12.7. The minimum absolute atomic E-state index is 0.0382. The molecule has 9 heteroatoms. The first kappa shape index (κ1) is 19.3. The Labute approximate surface area is 136 Å². The molecule has 0 saturated heterocycles. The summed E-state index contributed by atoms with van der Waals surface area (Å²) in [5, 5.41) is 5.59. The first-order valence-corrected chi connectivity index (χ1v) is 7.89. The van der Waals surface area contributed by atoms with Crippen LogP contribution in [0.25, 0.3) is 0 Å². The molecular formula is C14H18F3N3O2S. The van der Waals surface area contributed by atoms with E-state index in [1.807, 2.05) is 0 Å². The number of halogens is 3. The number of thioether (sulfide) groups is 1. The Balaban J connectivity index is 2.27. The normalized spacial score (nSPS) is 11.4. The molecule has 5 nitrogen and oxygen atoms in total. The minimum Gasteiger partial charge on any atom is -0.354 e. The van der Waals surface area contributed by atoms with Crippen LogP contribution < -0.4 is 10.6 Å². The molecule has 0 aliphatic rings. The molecule has 0 radical (unpaired) electrons. The van der Waals surface area contributed by atoms with Gasteiger partial charge in [-0.15, -0.1) is 0 Å². The molecule has 0 saturated carbocycles. The molecule has 0 spiro atoms. The number of hydrogen-bond donors (Lipinski definition) is 2. The number of rotatable bonds is 7. The molecule has 0 bridgehead atoms. The molecule has 128 valence electrons. The summed E-state index contributed by atoms with van der Waals surface area (Å²) in [6.45, 7) is 4.15. The van der Waals surface area contributed by atoms with Gasteiger partial charge in [0, 0.05) is 25.2 Å². The number of hydrogen-bond acceptors (Lipinski definition) is 4. The van der Waals surface area contributed by atoms with Crippen molar-refractivity contribution < 1.29 is 22.8 Å². The van der Waals surface area contributed by atoms with E-state index < -0.39 is 11.7 Å². The topological polar surface area (TPSA) is 71.1 Å². The van der Waals surface area contributed by atoms with Crippen LogP contribution in [0.4, 0.5) is 13.2 Å². The molecule has 1 rings (SSSR count). The molecule has 0 fully saturated rings. The first-order valence-electron chi connectivity index (χ1n) is 6.90. The first-order chi connectivity index (χ1) is 10.7. The average molecular weight is 349 g/mol. The van der Waals surface area contributed by atoms with Crippen LogP contribution in [-0.4, -0.2) is 35.6 Å². The highest BCUT2D eigenvalue weighted by molar-refractivity contribution is 7.99. The Kier molecular flexibility index (Phi) is 7.34. The van der Waals surface area contributed by atoms with Crippen LogP contribution in [0.2, 0.25) is 0 Å². The molecule has 1 aromatic heterocycles. The number of amides is 2. The van der Waals surface area contributed by atoms with Crippen molar-refractivity contribution >= 4 is 23.6 Å². The zero-order chi connectivity index (χ0) is 17.5. The van der Waals surface area contributed by atoms with Gasteiger partial charge < -0.3 is 10.6 Å². The van der Waals surface area contributed by atoms with Crippen molar-refractivity contribution in [3.8, 4) is 0 Å². The van der Waals surface area contributed by atoms with Gasteiger partial charge >= 0.3 is 6.18 Å². The predicted molar refractivity (Wildman–Crippen MR) is 80.8 cm³/mol. The Bertz CT molecular complexity index is 533. The van der Waals surface area contributed by atoms with E-state index in [1.165, 1.54) is 6.07 Å². The smallest absolute Gasteiger partial charge is 0.354 e. The van der Waals surface area contributed by atoms with E-state index in [1.54, 1.807) is 13.8 Å². The molecule has 23 heavy (non-hydrogen) atoms. The molecular weight excluding hydrogens is 331 g/mol. The van der Waals surface area contributed by atoms with Crippen molar-refractivity contribution in [3.05, 3.63) is 23.9 Å². The fraction of sp³-hybridized carbons (Fsp3) is 0.500. The van der Waals surface area contributed by atoms with Gasteiger partial charge in [0.1, 0.15) is 0 Å². The minimum atomic E-state index is -4.42. The van der Waals surface area contributed by atoms with E-state index in [4.69, 9.17) is 0 Å². The van der Waals surface area contributed by atoms with E-state index in [0.717, 1.165) is 24.0 Å².